The number of ether oxygens (including phenoxy) is 1. The number of hydrazone groups is 1. The minimum absolute atomic E-state index is 0.309. The number of fused-ring (bicyclic) bond motifs is 1. The van der Waals surface area contributed by atoms with Gasteiger partial charge in [0.1, 0.15) is 11.4 Å². The van der Waals surface area contributed by atoms with Crippen LogP contribution in [0.25, 0.3) is 28.1 Å². The van der Waals surface area contributed by atoms with Crippen molar-refractivity contribution >= 4 is 29.0 Å². The molecule has 6 heteroatoms. The van der Waals surface area contributed by atoms with E-state index in [-0.39, 0.29) is 5.91 Å². The Kier molecular flexibility index (Phi) is 5.66. The van der Waals surface area contributed by atoms with Gasteiger partial charge in [-0.3, -0.25) is 9.89 Å². The molecule has 2 N–H and O–H groups in total. The fraction of sp³-hybridized carbons (Fsp3) is 0.0417. The molecule has 4 aromatic rings. The van der Waals surface area contributed by atoms with Gasteiger partial charge in [0.15, 0.2) is 0 Å². The molecular formula is C24H20N4O2. The van der Waals surface area contributed by atoms with Crippen LogP contribution >= 0.6 is 0 Å². The summed E-state index contributed by atoms with van der Waals surface area (Å²) in [4.78, 5) is 12.4. The van der Waals surface area contributed by atoms with Crippen LogP contribution in [0.5, 0.6) is 5.75 Å². The van der Waals surface area contributed by atoms with E-state index >= 15 is 0 Å². The van der Waals surface area contributed by atoms with E-state index in [9.17, 15) is 4.79 Å². The molecule has 0 fully saturated rings. The second-order valence-electron chi connectivity index (χ2n) is 6.52. The van der Waals surface area contributed by atoms with Gasteiger partial charge in [0, 0.05) is 6.21 Å². The molecule has 0 bridgehead atoms. The smallest absolute Gasteiger partial charge is 0.289 e. The Labute approximate surface area is 173 Å². The van der Waals surface area contributed by atoms with E-state index in [1.165, 1.54) is 6.21 Å². The van der Waals surface area contributed by atoms with Crippen molar-refractivity contribution in [3.63, 3.8) is 0 Å². The van der Waals surface area contributed by atoms with E-state index in [1.807, 2.05) is 72.8 Å². The number of H-pyrrole nitrogens is 1. The van der Waals surface area contributed by atoms with Crippen molar-refractivity contribution in [2.24, 2.45) is 5.10 Å². The minimum Gasteiger partial charge on any atom is -0.496 e. The van der Waals surface area contributed by atoms with Crippen LogP contribution in [0.1, 0.15) is 16.1 Å². The number of carbonyl (C=O) groups is 1. The van der Waals surface area contributed by atoms with Gasteiger partial charge in [-0.2, -0.15) is 10.2 Å². The number of allylic oxidation sites excluding steroid dienone is 1. The van der Waals surface area contributed by atoms with Crippen LogP contribution in [-0.4, -0.2) is 29.4 Å². The Morgan fingerprint density at radius 2 is 1.87 bits per heavy atom. The fourth-order valence-corrected chi connectivity index (χ4v) is 3.17. The number of benzene rings is 3. The quantitative estimate of drug-likeness (QED) is 0.367. The number of nitrogens with zero attached hydrogens (tertiary/aromatic N) is 2. The summed E-state index contributed by atoms with van der Waals surface area (Å²) in [6.45, 7) is 0. The van der Waals surface area contributed by atoms with Crippen molar-refractivity contribution in [2.75, 3.05) is 7.11 Å². The van der Waals surface area contributed by atoms with Gasteiger partial charge in [0.05, 0.1) is 18.4 Å². The van der Waals surface area contributed by atoms with E-state index in [1.54, 1.807) is 19.3 Å². The molecule has 0 unspecified atom stereocenters. The van der Waals surface area contributed by atoms with E-state index in [0.29, 0.717) is 17.1 Å². The first-order valence-corrected chi connectivity index (χ1v) is 9.43. The van der Waals surface area contributed by atoms with Gasteiger partial charge in [-0.25, -0.2) is 5.43 Å². The van der Waals surface area contributed by atoms with Crippen molar-refractivity contribution in [1.29, 1.82) is 0 Å². The van der Waals surface area contributed by atoms with Crippen molar-refractivity contribution < 1.29 is 9.53 Å². The highest BCUT2D eigenvalue weighted by molar-refractivity contribution is 6.00. The minimum atomic E-state index is -0.377. The standard InChI is InChI=1S/C24H20N4O2/c1-30-22-14-13-18-11-5-6-12-19(18)23(22)20-16-21(27-26-20)24(29)28-25-15-7-10-17-8-3-2-4-9-17/h2-16H,1H3,(H,26,27)(H,28,29)/b10-7+,25-15-. The van der Waals surface area contributed by atoms with Crippen LogP contribution in [-0.2, 0) is 0 Å². The van der Waals surface area contributed by atoms with Gasteiger partial charge in [-0.05, 0) is 34.5 Å². The number of nitrogens with one attached hydrogen (secondary N) is 2. The third kappa shape index (κ3) is 4.12. The third-order valence-electron chi connectivity index (χ3n) is 4.60. The predicted molar refractivity (Wildman–Crippen MR) is 120 cm³/mol. The topological polar surface area (TPSA) is 79.4 Å². The maximum Gasteiger partial charge on any atom is 0.289 e. The zero-order chi connectivity index (χ0) is 20.8. The van der Waals surface area contributed by atoms with Gasteiger partial charge in [-0.15, -0.1) is 0 Å². The molecule has 0 aliphatic rings. The van der Waals surface area contributed by atoms with Crippen molar-refractivity contribution in [3.05, 3.63) is 90.1 Å². The predicted octanol–water partition coefficient (Wildman–Crippen LogP) is 4.67. The second kappa shape index (κ2) is 8.87. The summed E-state index contributed by atoms with van der Waals surface area (Å²) >= 11 is 0. The number of aromatic amines is 1. The molecule has 0 saturated heterocycles. The zero-order valence-corrected chi connectivity index (χ0v) is 16.4. The summed E-state index contributed by atoms with van der Waals surface area (Å²) in [7, 11) is 1.62. The van der Waals surface area contributed by atoms with Gasteiger partial charge in [0.2, 0.25) is 0 Å². The lowest BCUT2D eigenvalue weighted by Gasteiger charge is -2.09. The molecule has 30 heavy (non-hydrogen) atoms. The van der Waals surface area contributed by atoms with Crippen LogP contribution < -0.4 is 10.2 Å². The molecule has 3 aromatic carbocycles. The zero-order valence-electron chi connectivity index (χ0n) is 16.4. The van der Waals surface area contributed by atoms with Gasteiger partial charge < -0.3 is 4.74 Å². The van der Waals surface area contributed by atoms with E-state index in [4.69, 9.17) is 4.74 Å². The van der Waals surface area contributed by atoms with Crippen LogP contribution in [0.2, 0.25) is 0 Å². The Balaban J connectivity index is 1.50. The van der Waals surface area contributed by atoms with Crippen LogP contribution in [0.15, 0.2) is 84.0 Å². The van der Waals surface area contributed by atoms with Crippen LogP contribution in [0, 0.1) is 0 Å². The summed E-state index contributed by atoms with van der Waals surface area (Å²) in [5.74, 6) is 0.313. The first-order valence-electron chi connectivity index (χ1n) is 9.43. The lowest BCUT2D eigenvalue weighted by molar-refractivity contribution is 0.0950. The van der Waals surface area contributed by atoms with Crippen molar-refractivity contribution in [2.45, 2.75) is 0 Å². The molecule has 1 amide bonds. The number of methoxy groups -OCH3 is 1. The third-order valence-corrected chi connectivity index (χ3v) is 4.60. The number of carbonyl (C=O) groups excluding carboxylic acids is 1. The van der Waals surface area contributed by atoms with E-state index < -0.39 is 0 Å². The molecule has 4 rings (SSSR count). The molecule has 1 heterocycles. The SMILES string of the molecule is COc1ccc2ccccc2c1-c1cc(C(=O)N/N=C\C=C\c2ccccc2)[nH]n1. The Hall–Kier alpha value is -4.19. The number of hydrogen-bond donors (Lipinski definition) is 2. The first-order chi connectivity index (χ1) is 14.8. The molecule has 0 saturated carbocycles. The van der Waals surface area contributed by atoms with E-state index in [0.717, 1.165) is 21.9 Å². The number of hydrogen-bond acceptors (Lipinski definition) is 4. The second-order valence-corrected chi connectivity index (χ2v) is 6.52. The molecule has 0 radical (unpaired) electrons. The van der Waals surface area contributed by atoms with E-state index in [2.05, 4.69) is 20.7 Å². The van der Waals surface area contributed by atoms with Crippen LogP contribution in [0.4, 0.5) is 0 Å². The normalized spacial score (nSPS) is 11.4. The summed E-state index contributed by atoms with van der Waals surface area (Å²) < 4.78 is 5.52. The molecule has 148 valence electrons. The maximum absolute atomic E-state index is 12.4. The molecule has 6 nitrogen and oxygen atoms in total. The number of amides is 1. The highest BCUT2D eigenvalue weighted by Gasteiger charge is 2.16. The molecule has 1 aromatic heterocycles. The summed E-state index contributed by atoms with van der Waals surface area (Å²) in [5.41, 5.74) is 5.32. The lowest BCUT2D eigenvalue weighted by atomic mass is 10.0. The monoisotopic (exact) mass is 396 g/mol. The molecule has 0 aliphatic heterocycles. The van der Waals surface area contributed by atoms with Gasteiger partial charge >= 0.3 is 0 Å². The summed E-state index contributed by atoms with van der Waals surface area (Å²) in [6, 6.07) is 23.4. The Morgan fingerprint density at radius 1 is 1.07 bits per heavy atom. The molecule has 0 spiro atoms. The number of aromatic nitrogens is 2. The fourth-order valence-electron chi connectivity index (χ4n) is 3.17. The van der Waals surface area contributed by atoms with Crippen molar-refractivity contribution in [1.82, 2.24) is 15.6 Å². The highest BCUT2D eigenvalue weighted by atomic mass is 16.5. The van der Waals surface area contributed by atoms with Gasteiger partial charge in [0.25, 0.3) is 5.91 Å². The van der Waals surface area contributed by atoms with Crippen LogP contribution in [0.3, 0.4) is 0 Å². The molecule has 0 aliphatic carbocycles. The first kappa shape index (κ1) is 19.1. The molecule has 0 atom stereocenters. The largest absolute Gasteiger partial charge is 0.496 e. The average Bonchev–Trinajstić information content (AvgIpc) is 3.28. The Morgan fingerprint density at radius 3 is 2.70 bits per heavy atom. The highest BCUT2D eigenvalue weighted by Crippen LogP contribution is 2.36. The maximum atomic E-state index is 12.4. The Bertz CT molecular complexity index is 1230. The average molecular weight is 396 g/mol. The van der Waals surface area contributed by atoms with Gasteiger partial charge in [-0.1, -0.05) is 66.7 Å². The lowest BCUT2D eigenvalue weighted by Crippen LogP contribution is -2.17. The molecular weight excluding hydrogens is 376 g/mol. The summed E-state index contributed by atoms with van der Waals surface area (Å²) in [6.07, 6.45) is 5.18. The number of rotatable bonds is 6. The summed E-state index contributed by atoms with van der Waals surface area (Å²) in [5, 5.41) is 13.1. The van der Waals surface area contributed by atoms with Crippen molar-refractivity contribution in [3.8, 4) is 17.0 Å².